The standard InChI is InChI=1S/C21H30N6O2/c1-4-22-21(27-10-8-17(15-27)18-13-24-26(3)14-18)23-9-11-29-20-7-5-6-19(12-20)25-16(2)28/h5-7,12-14,17H,4,8-11,15H2,1-3H3,(H,22,23)(H,25,28). The number of ether oxygens (including phenoxy) is 1. The second-order valence-corrected chi connectivity index (χ2v) is 7.17. The Morgan fingerprint density at radius 2 is 2.28 bits per heavy atom. The third kappa shape index (κ3) is 5.97. The zero-order valence-electron chi connectivity index (χ0n) is 17.4. The van der Waals surface area contributed by atoms with Gasteiger partial charge in [-0.2, -0.15) is 5.10 Å². The minimum Gasteiger partial charge on any atom is -0.492 e. The second kappa shape index (κ2) is 9.95. The van der Waals surface area contributed by atoms with Crippen molar-refractivity contribution >= 4 is 17.6 Å². The molecule has 0 bridgehead atoms. The van der Waals surface area contributed by atoms with Crippen LogP contribution in [0.25, 0.3) is 0 Å². The van der Waals surface area contributed by atoms with E-state index in [1.165, 1.54) is 12.5 Å². The maximum absolute atomic E-state index is 11.2. The van der Waals surface area contributed by atoms with Crippen LogP contribution < -0.4 is 15.4 Å². The quantitative estimate of drug-likeness (QED) is 0.424. The maximum Gasteiger partial charge on any atom is 0.221 e. The molecule has 1 aliphatic heterocycles. The van der Waals surface area contributed by atoms with E-state index in [-0.39, 0.29) is 5.91 Å². The van der Waals surface area contributed by atoms with Crippen LogP contribution in [-0.2, 0) is 11.8 Å². The second-order valence-electron chi connectivity index (χ2n) is 7.17. The van der Waals surface area contributed by atoms with Crippen LogP contribution in [0.1, 0.15) is 31.7 Å². The van der Waals surface area contributed by atoms with Gasteiger partial charge in [0.05, 0.1) is 12.7 Å². The molecular formula is C21H30N6O2. The number of hydrogen-bond donors (Lipinski definition) is 2. The van der Waals surface area contributed by atoms with Gasteiger partial charge in [0.25, 0.3) is 0 Å². The number of guanidine groups is 1. The molecule has 1 amide bonds. The largest absolute Gasteiger partial charge is 0.492 e. The number of amides is 1. The lowest BCUT2D eigenvalue weighted by Crippen LogP contribution is -2.40. The van der Waals surface area contributed by atoms with Crippen molar-refractivity contribution in [1.29, 1.82) is 0 Å². The summed E-state index contributed by atoms with van der Waals surface area (Å²) in [6, 6.07) is 7.38. The van der Waals surface area contributed by atoms with Gasteiger partial charge in [-0.3, -0.25) is 9.48 Å². The molecule has 1 aliphatic rings. The molecule has 2 heterocycles. The van der Waals surface area contributed by atoms with Crippen LogP contribution in [0.4, 0.5) is 5.69 Å². The number of benzene rings is 1. The maximum atomic E-state index is 11.2. The van der Waals surface area contributed by atoms with Gasteiger partial charge in [-0.05, 0) is 31.0 Å². The van der Waals surface area contributed by atoms with Gasteiger partial charge in [-0.1, -0.05) is 6.07 Å². The average molecular weight is 399 g/mol. The number of carbonyl (C=O) groups is 1. The monoisotopic (exact) mass is 398 g/mol. The Labute approximate surface area is 171 Å². The smallest absolute Gasteiger partial charge is 0.221 e. The lowest BCUT2D eigenvalue weighted by atomic mass is 10.0. The molecule has 1 aromatic carbocycles. The van der Waals surface area contributed by atoms with Crippen molar-refractivity contribution in [2.24, 2.45) is 12.0 Å². The minimum atomic E-state index is -0.0998. The molecule has 0 saturated carbocycles. The first-order valence-corrected chi connectivity index (χ1v) is 10.1. The Kier molecular flexibility index (Phi) is 7.10. The molecular weight excluding hydrogens is 368 g/mol. The molecule has 3 rings (SSSR count). The lowest BCUT2D eigenvalue weighted by Gasteiger charge is -2.21. The fraction of sp³-hybridized carbons (Fsp3) is 0.476. The van der Waals surface area contributed by atoms with Crippen molar-refractivity contribution in [3.63, 3.8) is 0 Å². The molecule has 29 heavy (non-hydrogen) atoms. The number of carbonyl (C=O) groups excluding carboxylic acids is 1. The Morgan fingerprint density at radius 3 is 3.00 bits per heavy atom. The van der Waals surface area contributed by atoms with Gasteiger partial charge in [0, 0.05) is 57.5 Å². The van der Waals surface area contributed by atoms with Gasteiger partial charge in [0.15, 0.2) is 5.96 Å². The summed E-state index contributed by atoms with van der Waals surface area (Å²) in [5.41, 5.74) is 2.01. The first-order chi connectivity index (χ1) is 14.0. The van der Waals surface area contributed by atoms with Crippen molar-refractivity contribution in [2.45, 2.75) is 26.2 Å². The summed E-state index contributed by atoms with van der Waals surface area (Å²) in [6.07, 6.45) is 5.16. The predicted molar refractivity (Wildman–Crippen MR) is 114 cm³/mol. The number of likely N-dealkylation sites (tertiary alicyclic amines) is 1. The summed E-state index contributed by atoms with van der Waals surface area (Å²) in [4.78, 5) is 18.2. The summed E-state index contributed by atoms with van der Waals surface area (Å²) < 4.78 is 7.65. The van der Waals surface area contributed by atoms with E-state index >= 15 is 0 Å². The summed E-state index contributed by atoms with van der Waals surface area (Å²) in [6.45, 7) is 7.34. The van der Waals surface area contributed by atoms with Crippen LogP contribution in [0.3, 0.4) is 0 Å². The number of aliphatic imine (C=N–C) groups is 1. The van der Waals surface area contributed by atoms with Crippen molar-refractivity contribution in [3.05, 3.63) is 42.2 Å². The van der Waals surface area contributed by atoms with Crippen LogP contribution in [-0.4, -0.2) is 59.3 Å². The Balaban J connectivity index is 1.52. The van der Waals surface area contributed by atoms with E-state index in [0.717, 1.165) is 37.7 Å². The van der Waals surface area contributed by atoms with Gasteiger partial charge in [-0.15, -0.1) is 0 Å². The molecule has 1 saturated heterocycles. The van der Waals surface area contributed by atoms with Crippen LogP contribution >= 0.6 is 0 Å². The molecule has 156 valence electrons. The highest BCUT2D eigenvalue weighted by molar-refractivity contribution is 5.88. The van der Waals surface area contributed by atoms with E-state index in [1.54, 1.807) is 0 Å². The van der Waals surface area contributed by atoms with Crippen molar-refractivity contribution < 1.29 is 9.53 Å². The molecule has 1 unspecified atom stereocenters. The highest BCUT2D eigenvalue weighted by Crippen LogP contribution is 2.26. The number of aromatic nitrogens is 2. The highest BCUT2D eigenvalue weighted by atomic mass is 16.5. The van der Waals surface area contributed by atoms with Crippen LogP contribution in [0, 0.1) is 0 Å². The van der Waals surface area contributed by atoms with Gasteiger partial charge >= 0.3 is 0 Å². The number of rotatable bonds is 7. The van der Waals surface area contributed by atoms with Crippen molar-refractivity contribution in [1.82, 2.24) is 20.0 Å². The van der Waals surface area contributed by atoms with E-state index < -0.39 is 0 Å². The third-order valence-corrected chi connectivity index (χ3v) is 4.79. The number of hydrogen-bond acceptors (Lipinski definition) is 4. The molecule has 8 nitrogen and oxygen atoms in total. The highest BCUT2D eigenvalue weighted by Gasteiger charge is 2.26. The molecule has 1 aromatic heterocycles. The normalized spacial score (nSPS) is 16.7. The van der Waals surface area contributed by atoms with Crippen molar-refractivity contribution in [2.75, 3.05) is 38.1 Å². The predicted octanol–water partition coefficient (Wildman–Crippen LogP) is 2.21. The van der Waals surface area contributed by atoms with Crippen LogP contribution in [0.2, 0.25) is 0 Å². The van der Waals surface area contributed by atoms with Crippen LogP contribution in [0.15, 0.2) is 41.7 Å². The molecule has 1 atom stereocenters. The van der Waals surface area contributed by atoms with E-state index in [1.807, 2.05) is 42.2 Å². The zero-order chi connectivity index (χ0) is 20.6. The van der Waals surface area contributed by atoms with Gasteiger partial charge in [-0.25, -0.2) is 4.99 Å². The molecule has 2 aromatic rings. The SMILES string of the molecule is CCNC(=NCCOc1cccc(NC(C)=O)c1)N1CCC(c2cnn(C)c2)C1. The van der Waals surface area contributed by atoms with Crippen LogP contribution in [0.5, 0.6) is 5.75 Å². The zero-order valence-corrected chi connectivity index (χ0v) is 17.4. The number of anilines is 1. The third-order valence-electron chi connectivity index (χ3n) is 4.79. The lowest BCUT2D eigenvalue weighted by molar-refractivity contribution is -0.114. The minimum absolute atomic E-state index is 0.0998. The fourth-order valence-electron chi connectivity index (χ4n) is 3.48. The van der Waals surface area contributed by atoms with Crippen molar-refractivity contribution in [3.8, 4) is 5.75 Å². The average Bonchev–Trinajstić information content (AvgIpc) is 3.33. The number of nitrogens with zero attached hydrogens (tertiary/aromatic N) is 4. The number of aryl methyl sites for hydroxylation is 1. The van der Waals surface area contributed by atoms with E-state index in [0.29, 0.717) is 24.8 Å². The molecule has 8 heteroatoms. The van der Waals surface area contributed by atoms with Gasteiger partial charge in [0.1, 0.15) is 12.4 Å². The Bertz CT molecular complexity index is 847. The first kappa shape index (κ1) is 20.7. The molecule has 1 fully saturated rings. The Morgan fingerprint density at radius 1 is 1.41 bits per heavy atom. The molecule has 2 N–H and O–H groups in total. The topological polar surface area (TPSA) is 83.8 Å². The summed E-state index contributed by atoms with van der Waals surface area (Å²) in [5, 5.41) is 10.4. The summed E-state index contributed by atoms with van der Waals surface area (Å²) >= 11 is 0. The molecule has 0 radical (unpaired) electrons. The first-order valence-electron chi connectivity index (χ1n) is 10.1. The van der Waals surface area contributed by atoms with Gasteiger partial charge in [0.2, 0.25) is 5.91 Å². The summed E-state index contributed by atoms with van der Waals surface area (Å²) in [5.74, 6) is 2.03. The van der Waals surface area contributed by atoms with E-state index in [9.17, 15) is 4.79 Å². The van der Waals surface area contributed by atoms with Gasteiger partial charge < -0.3 is 20.3 Å². The molecule has 0 spiro atoms. The fourth-order valence-corrected chi connectivity index (χ4v) is 3.48. The summed E-state index contributed by atoms with van der Waals surface area (Å²) in [7, 11) is 1.95. The Hall–Kier alpha value is -3.03. The molecule has 0 aliphatic carbocycles. The van der Waals surface area contributed by atoms with E-state index in [4.69, 9.17) is 9.73 Å². The number of nitrogens with one attached hydrogen (secondary N) is 2. The van der Waals surface area contributed by atoms with E-state index in [2.05, 4.69) is 33.8 Å².